The fourth-order valence-corrected chi connectivity index (χ4v) is 3.14. The van der Waals surface area contributed by atoms with Crippen LogP contribution in [0.1, 0.15) is 25.3 Å². The Hall–Kier alpha value is -1.93. The van der Waals surface area contributed by atoms with E-state index in [0.29, 0.717) is 10.6 Å². The summed E-state index contributed by atoms with van der Waals surface area (Å²) >= 11 is 5.96. The Morgan fingerprint density at radius 2 is 2.00 bits per heavy atom. The molecule has 1 N–H and O–H groups in total. The zero-order valence-corrected chi connectivity index (χ0v) is 14.2. The Morgan fingerprint density at radius 1 is 1.30 bits per heavy atom. The van der Waals surface area contributed by atoms with Crippen molar-refractivity contribution in [3.05, 3.63) is 40.7 Å². The van der Waals surface area contributed by atoms with Crippen LogP contribution in [-0.4, -0.2) is 24.5 Å². The monoisotopic (exact) mass is 357 g/mol. The molecule has 9 heteroatoms. The SMILES string of the molecule is CC(C)C(=O)NCc1nnc(S(=O)(=O)Cc2ccccc2Cl)o1. The predicted octanol–water partition coefficient (Wildman–Crippen LogP) is 1.97. The molecular formula is C14H16ClN3O4S. The lowest BCUT2D eigenvalue weighted by Crippen LogP contribution is -2.27. The average Bonchev–Trinajstić information content (AvgIpc) is 2.96. The van der Waals surface area contributed by atoms with Crippen molar-refractivity contribution in [3.63, 3.8) is 0 Å². The van der Waals surface area contributed by atoms with Gasteiger partial charge in [-0.05, 0) is 11.6 Å². The van der Waals surface area contributed by atoms with E-state index < -0.39 is 15.1 Å². The van der Waals surface area contributed by atoms with E-state index in [-0.39, 0.29) is 30.0 Å². The normalized spacial score (nSPS) is 11.7. The van der Waals surface area contributed by atoms with Crippen LogP contribution in [0.4, 0.5) is 0 Å². The summed E-state index contributed by atoms with van der Waals surface area (Å²) in [5, 5.41) is 9.60. The zero-order chi connectivity index (χ0) is 17.0. The smallest absolute Gasteiger partial charge is 0.335 e. The van der Waals surface area contributed by atoms with Gasteiger partial charge in [0.25, 0.3) is 0 Å². The van der Waals surface area contributed by atoms with Crippen LogP contribution < -0.4 is 5.32 Å². The minimum Gasteiger partial charge on any atom is -0.411 e. The van der Waals surface area contributed by atoms with E-state index in [2.05, 4.69) is 15.5 Å². The molecule has 23 heavy (non-hydrogen) atoms. The molecule has 0 fully saturated rings. The van der Waals surface area contributed by atoms with Crippen LogP contribution in [0.3, 0.4) is 0 Å². The molecule has 0 radical (unpaired) electrons. The number of amides is 1. The van der Waals surface area contributed by atoms with Crippen LogP contribution in [-0.2, 0) is 26.9 Å². The van der Waals surface area contributed by atoms with Crippen LogP contribution >= 0.6 is 11.6 Å². The fourth-order valence-electron chi connectivity index (χ4n) is 1.68. The standard InChI is InChI=1S/C14H16ClN3O4S/c1-9(2)13(19)16-7-12-17-18-14(22-12)23(20,21)8-10-5-3-4-6-11(10)15/h3-6,9H,7-8H2,1-2H3,(H,16,19). The molecule has 124 valence electrons. The summed E-state index contributed by atoms with van der Waals surface area (Å²) in [5.41, 5.74) is 0.446. The third-order valence-electron chi connectivity index (χ3n) is 2.96. The number of aromatic nitrogens is 2. The van der Waals surface area contributed by atoms with E-state index in [9.17, 15) is 13.2 Å². The van der Waals surface area contributed by atoms with Gasteiger partial charge in [-0.15, -0.1) is 5.10 Å². The van der Waals surface area contributed by atoms with Crippen LogP contribution in [0.25, 0.3) is 0 Å². The number of carbonyl (C=O) groups excluding carboxylic acids is 1. The molecule has 2 aromatic rings. The van der Waals surface area contributed by atoms with Gasteiger partial charge in [0.2, 0.25) is 21.6 Å². The first-order valence-electron chi connectivity index (χ1n) is 6.86. The summed E-state index contributed by atoms with van der Waals surface area (Å²) < 4.78 is 29.7. The number of hydrogen-bond donors (Lipinski definition) is 1. The number of rotatable bonds is 6. The van der Waals surface area contributed by atoms with Crippen molar-refractivity contribution in [2.75, 3.05) is 0 Å². The highest BCUT2D eigenvalue weighted by molar-refractivity contribution is 7.90. The van der Waals surface area contributed by atoms with Gasteiger partial charge in [-0.3, -0.25) is 4.79 Å². The second-order valence-corrected chi connectivity index (χ2v) is 7.46. The van der Waals surface area contributed by atoms with Crippen molar-refractivity contribution in [1.29, 1.82) is 0 Å². The minimum absolute atomic E-state index is 0.0222. The number of carbonyl (C=O) groups is 1. The molecule has 0 aliphatic heterocycles. The summed E-state index contributed by atoms with van der Waals surface area (Å²) in [7, 11) is -3.81. The van der Waals surface area contributed by atoms with Crippen molar-refractivity contribution in [1.82, 2.24) is 15.5 Å². The first-order valence-corrected chi connectivity index (χ1v) is 8.89. The summed E-state index contributed by atoms with van der Waals surface area (Å²) in [6, 6.07) is 6.62. The van der Waals surface area contributed by atoms with E-state index >= 15 is 0 Å². The van der Waals surface area contributed by atoms with Gasteiger partial charge in [0.15, 0.2) is 0 Å². The van der Waals surface area contributed by atoms with Gasteiger partial charge in [-0.2, -0.15) is 0 Å². The maximum absolute atomic E-state index is 12.3. The molecule has 1 amide bonds. The lowest BCUT2D eigenvalue weighted by atomic mass is 10.2. The van der Waals surface area contributed by atoms with Gasteiger partial charge in [0.1, 0.15) is 0 Å². The highest BCUT2D eigenvalue weighted by Gasteiger charge is 2.24. The average molecular weight is 358 g/mol. The second-order valence-electron chi connectivity index (χ2n) is 5.18. The van der Waals surface area contributed by atoms with E-state index in [4.69, 9.17) is 16.0 Å². The lowest BCUT2D eigenvalue weighted by Gasteiger charge is -2.04. The van der Waals surface area contributed by atoms with Gasteiger partial charge in [-0.25, -0.2) is 8.42 Å². The van der Waals surface area contributed by atoms with E-state index in [0.717, 1.165) is 0 Å². The molecule has 1 aromatic heterocycles. The Kier molecular flexibility index (Phi) is 5.38. The third-order valence-corrected chi connectivity index (χ3v) is 4.71. The fraction of sp³-hybridized carbons (Fsp3) is 0.357. The molecule has 2 rings (SSSR count). The van der Waals surface area contributed by atoms with E-state index in [1.807, 2.05) is 0 Å². The van der Waals surface area contributed by atoms with Gasteiger partial charge in [0, 0.05) is 10.9 Å². The van der Waals surface area contributed by atoms with Gasteiger partial charge in [-0.1, -0.05) is 48.7 Å². The highest BCUT2D eigenvalue weighted by Crippen LogP contribution is 2.21. The van der Waals surface area contributed by atoms with Crippen LogP contribution in [0.15, 0.2) is 33.9 Å². The molecule has 0 spiro atoms. The summed E-state index contributed by atoms with van der Waals surface area (Å²) in [6.45, 7) is 3.46. The number of halogens is 1. The molecule has 0 atom stereocenters. The third kappa shape index (κ3) is 4.52. The number of nitrogens with one attached hydrogen (secondary N) is 1. The second kappa shape index (κ2) is 7.10. The summed E-state index contributed by atoms with van der Waals surface area (Å²) in [4.78, 5) is 11.5. The largest absolute Gasteiger partial charge is 0.411 e. The van der Waals surface area contributed by atoms with Gasteiger partial charge >= 0.3 is 5.22 Å². The minimum atomic E-state index is -3.81. The van der Waals surface area contributed by atoms with Gasteiger partial charge < -0.3 is 9.73 Å². The maximum atomic E-state index is 12.3. The molecule has 0 bridgehead atoms. The zero-order valence-electron chi connectivity index (χ0n) is 12.6. The molecule has 1 aromatic carbocycles. The molecule has 0 unspecified atom stereocenters. The van der Waals surface area contributed by atoms with Crippen molar-refractivity contribution >= 4 is 27.3 Å². The maximum Gasteiger partial charge on any atom is 0.335 e. The highest BCUT2D eigenvalue weighted by atomic mass is 35.5. The lowest BCUT2D eigenvalue weighted by molar-refractivity contribution is -0.124. The topological polar surface area (TPSA) is 102 Å². The molecule has 0 aliphatic rings. The van der Waals surface area contributed by atoms with Crippen molar-refractivity contribution in [3.8, 4) is 0 Å². The Morgan fingerprint density at radius 3 is 2.65 bits per heavy atom. The Bertz CT molecular complexity index is 802. The van der Waals surface area contributed by atoms with Crippen molar-refractivity contribution < 1.29 is 17.6 Å². The van der Waals surface area contributed by atoms with Gasteiger partial charge in [0.05, 0.1) is 12.3 Å². The van der Waals surface area contributed by atoms with E-state index in [1.54, 1.807) is 38.1 Å². The quantitative estimate of drug-likeness (QED) is 0.847. The Labute approximate surface area is 139 Å². The number of benzene rings is 1. The van der Waals surface area contributed by atoms with Crippen LogP contribution in [0.2, 0.25) is 5.02 Å². The first-order chi connectivity index (χ1) is 10.8. The number of nitrogens with zero attached hydrogens (tertiary/aromatic N) is 2. The predicted molar refractivity (Wildman–Crippen MR) is 83.3 cm³/mol. The molecule has 0 aliphatic carbocycles. The van der Waals surface area contributed by atoms with E-state index in [1.165, 1.54) is 0 Å². The first kappa shape index (κ1) is 17.4. The molecule has 7 nitrogen and oxygen atoms in total. The molecule has 0 saturated heterocycles. The summed E-state index contributed by atoms with van der Waals surface area (Å²) in [6.07, 6.45) is 0. The summed E-state index contributed by atoms with van der Waals surface area (Å²) in [5.74, 6) is -0.700. The molecular weight excluding hydrogens is 342 g/mol. The van der Waals surface area contributed by atoms with Crippen molar-refractivity contribution in [2.24, 2.45) is 5.92 Å². The van der Waals surface area contributed by atoms with Crippen LogP contribution in [0.5, 0.6) is 0 Å². The molecule has 0 saturated carbocycles. The van der Waals surface area contributed by atoms with Crippen LogP contribution in [0, 0.1) is 5.92 Å². The Balaban J connectivity index is 2.10. The molecule has 1 heterocycles. The number of sulfone groups is 1. The number of hydrogen-bond acceptors (Lipinski definition) is 6. The van der Waals surface area contributed by atoms with Crippen molar-refractivity contribution in [2.45, 2.75) is 31.4 Å².